The Bertz CT molecular complexity index is 1440. The van der Waals surface area contributed by atoms with Crippen molar-refractivity contribution in [1.29, 1.82) is 0 Å². The number of aryl methyl sites for hydroxylation is 1. The molecule has 0 saturated carbocycles. The fraction of sp³-hybridized carbons (Fsp3) is 0.346. The number of H-pyrrole nitrogens is 1. The van der Waals surface area contributed by atoms with Crippen LogP contribution in [0.15, 0.2) is 42.3 Å². The molecule has 0 spiro atoms. The molecule has 4 N–H and O–H groups in total. The zero-order valence-corrected chi connectivity index (χ0v) is 21.6. The van der Waals surface area contributed by atoms with Gasteiger partial charge < -0.3 is 15.8 Å². The van der Waals surface area contributed by atoms with E-state index in [2.05, 4.69) is 11.6 Å². The molecular formula is C26H30ClN3O4S. The number of carbonyl (C=O) groups is 1. The smallest absolute Gasteiger partial charge is 0.256 e. The van der Waals surface area contributed by atoms with Crippen LogP contribution in [0.2, 0.25) is 5.02 Å². The van der Waals surface area contributed by atoms with Crippen molar-refractivity contribution >= 4 is 44.1 Å². The van der Waals surface area contributed by atoms with Gasteiger partial charge in [0, 0.05) is 34.1 Å². The molecule has 1 aliphatic rings. The van der Waals surface area contributed by atoms with Gasteiger partial charge in [0.05, 0.1) is 23.2 Å². The monoisotopic (exact) mass is 515 g/mol. The number of hydrogen-bond donors (Lipinski definition) is 3. The van der Waals surface area contributed by atoms with Crippen molar-refractivity contribution in [2.75, 3.05) is 11.4 Å². The van der Waals surface area contributed by atoms with E-state index in [0.29, 0.717) is 22.7 Å². The number of nitrogens with zero attached hydrogens (tertiary/aromatic N) is 1. The molecule has 1 aromatic heterocycles. The molecule has 9 heteroatoms. The van der Waals surface area contributed by atoms with Crippen molar-refractivity contribution < 1.29 is 18.3 Å². The average Bonchev–Trinajstić information content (AvgIpc) is 3.17. The van der Waals surface area contributed by atoms with Crippen LogP contribution in [0.4, 0.5) is 5.69 Å². The second kappa shape index (κ2) is 9.00. The van der Waals surface area contributed by atoms with E-state index in [-0.39, 0.29) is 12.3 Å². The molecule has 1 atom stereocenters. The molecular weight excluding hydrogens is 486 g/mol. The number of aromatic amines is 1. The summed E-state index contributed by atoms with van der Waals surface area (Å²) in [5, 5.41) is 12.9. The van der Waals surface area contributed by atoms with Gasteiger partial charge in [0.2, 0.25) is 5.91 Å². The van der Waals surface area contributed by atoms with Crippen molar-refractivity contribution in [3.63, 3.8) is 0 Å². The van der Waals surface area contributed by atoms with Crippen LogP contribution in [-0.4, -0.2) is 37.1 Å². The number of fused-ring (bicyclic) bond motifs is 3. The van der Waals surface area contributed by atoms with Crippen molar-refractivity contribution in [3.05, 3.63) is 64.2 Å². The lowest BCUT2D eigenvalue weighted by molar-refractivity contribution is -0.117. The minimum absolute atomic E-state index is 0.0329. The van der Waals surface area contributed by atoms with Crippen LogP contribution in [0, 0.1) is 5.92 Å². The predicted molar refractivity (Wildman–Crippen MR) is 141 cm³/mol. The Morgan fingerprint density at radius 1 is 1.37 bits per heavy atom. The Labute approximate surface area is 210 Å². The van der Waals surface area contributed by atoms with Gasteiger partial charge in [-0.25, -0.2) is 8.42 Å². The lowest BCUT2D eigenvalue weighted by Crippen LogP contribution is -2.34. The molecule has 4 rings (SSSR count). The summed E-state index contributed by atoms with van der Waals surface area (Å²) in [5.74, 6) is -0.377. The average molecular weight is 516 g/mol. The molecule has 0 radical (unpaired) electrons. The number of aromatic nitrogens is 1. The highest BCUT2D eigenvalue weighted by atomic mass is 35.5. The number of benzene rings is 2. The molecule has 7 nitrogen and oxygen atoms in total. The molecule has 1 aliphatic carbocycles. The quantitative estimate of drug-likeness (QED) is 0.435. The molecule has 1 heterocycles. The van der Waals surface area contributed by atoms with Crippen molar-refractivity contribution in [3.8, 4) is 11.1 Å². The number of nitrogens with one attached hydrogen (secondary N) is 1. The van der Waals surface area contributed by atoms with E-state index in [1.165, 1.54) is 7.05 Å². The summed E-state index contributed by atoms with van der Waals surface area (Å²) in [6.45, 7) is 7.05. The Balaban J connectivity index is 1.96. The molecule has 0 bridgehead atoms. The molecule has 0 unspecified atom stereocenters. The Morgan fingerprint density at radius 3 is 2.71 bits per heavy atom. The molecule has 2 aromatic carbocycles. The number of rotatable bonds is 7. The van der Waals surface area contributed by atoms with Crippen LogP contribution in [-0.2, 0) is 34.1 Å². The third-order valence-electron chi connectivity index (χ3n) is 6.95. The van der Waals surface area contributed by atoms with Gasteiger partial charge in [0.15, 0.2) is 0 Å². The molecule has 35 heavy (non-hydrogen) atoms. The van der Waals surface area contributed by atoms with Gasteiger partial charge in [-0.3, -0.25) is 9.10 Å². The van der Waals surface area contributed by atoms with Crippen molar-refractivity contribution in [2.45, 2.75) is 45.1 Å². The van der Waals surface area contributed by atoms with Gasteiger partial charge in [-0.2, -0.15) is 0 Å². The van der Waals surface area contributed by atoms with Gasteiger partial charge in [0.25, 0.3) is 10.0 Å². The molecule has 3 aromatic rings. The summed E-state index contributed by atoms with van der Waals surface area (Å²) in [7, 11) is -2.19. The first kappa shape index (κ1) is 25.3. The first-order valence-corrected chi connectivity index (χ1v) is 13.3. The highest BCUT2D eigenvalue weighted by Crippen LogP contribution is 2.44. The maximum Gasteiger partial charge on any atom is 0.256 e. The highest BCUT2D eigenvalue weighted by Gasteiger charge is 2.33. The van der Waals surface area contributed by atoms with Gasteiger partial charge >= 0.3 is 0 Å². The summed E-state index contributed by atoms with van der Waals surface area (Å²) in [6.07, 6.45) is 2.24. The third kappa shape index (κ3) is 4.70. The number of hydrogen-bond acceptors (Lipinski definition) is 4. The normalized spacial score (nSPS) is 16.2. The van der Waals surface area contributed by atoms with Crippen LogP contribution in [0.25, 0.3) is 22.0 Å². The van der Waals surface area contributed by atoms with Gasteiger partial charge in [-0.15, -0.1) is 0 Å². The van der Waals surface area contributed by atoms with Gasteiger partial charge in [-0.1, -0.05) is 30.3 Å². The van der Waals surface area contributed by atoms with E-state index >= 15 is 0 Å². The number of amides is 1. The largest absolute Gasteiger partial charge is 0.390 e. The maximum atomic E-state index is 12.3. The van der Waals surface area contributed by atoms with E-state index < -0.39 is 21.5 Å². The third-order valence-corrected chi connectivity index (χ3v) is 8.64. The molecule has 1 amide bonds. The Morgan fingerprint density at radius 2 is 2.09 bits per heavy atom. The summed E-state index contributed by atoms with van der Waals surface area (Å²) >= 11 is 6.82. The van der Waals surface area contributed by atoms with E-state index in [9.17, 15) is 18.3 Å². The number of carbonyl (C=O) groups excluding carboxylic acids is 1. The minimum Gasteiger partial charge on any atom is -0.390 e. The highest BCUT2D eigenvalue weighted by molar-refractivity contribution is 7.95. The fourth-order valence-electron chi connectivity index (χ4n) is 4.97. The first-order chi connectivity index (χ1) is 16.3. The number of nitrogens with two attached hydrogens (primary N) is 1. The maximum absolute atomic E-state index is 12.3. The molecule has 0 saturated heterocycles. The molecule has 0 fully saturated rings. The standard InChI is InChI=1S/C26H30ClN3O4S/c1-5-35(33,34)30(4)18-8-6-7-15(11-18)23-20(27)12-16(13-22(28)31)25-24(23)19-10-9-17(26(2,3)32)14-21(19)29-25/h5-8,11-12,17,29,32H,1,9-10,13-14H2,2-4H3,(H2,28,31)/t17-/m1/s1. The first-order valence-electron chi connectivity index (χ1n) is 11.4. The topological polar surface area (TPSA) is 116 Å². The van der Waals surface area contributed by atoms with E-state index in [4.69, 9.17) is 17.3 Å². The van der Waals surface area contributed by atoms with Crippen LogP contribution in [0.5, 0.6) is 0 Å². The second-order valence-corrected chi connectivity index (χ2v) is 12.0. The number of halogens is 1. The van der Waals surface area contributed by atoms with Crippen LogP contribution < -0.4 is 10.0 Å². The van der Waals surface area contributed by atoms with Crippen molar-refractivity contribution in [1.82, 2.24) is 4.98 Å². The number of primary amides is 1. The lowest BCUT2D eigenvalue weighted by Gasteiger charge is -2.32. The summed E-state index contributed by atoms with van der Waals surface area (Å²) in [4.78, 5) is 15.3. The summed E-state index contributed by atoms with van der Waals surface area (Å²) in [6, 6.07) is 8.89. The summed E-state index contributed by atoms with van der Waals surface area (Å²) < 4.78 is 25.9. The summed E-state index contributed by atoms with van der Waals surface area (Å²) in [5.41, 5.74) is 10.3. The predicted octanol–water partition coefficient (Wildman–Crippen LogP) is 4.30. The Kier molecular flexibility index (Phi) is 6.51. The van der Waals surface area contributed by atoms with Crippen LogP contribution in [0.3, 0.4) is 0 Å². The van der Waals surface area contributed by atoms with E-state index in [1.807, 2.05) is 19.9 Å². The fourth-order valence-corrected chi connectivity index (χ4v) is 5.94. The Hall–Kier alpha value is -2.81. The zero-order valence-electron chi connectivity index (χ0n) is 20.1. The molecule has 0 aliphatic heterocycles. The van der Waals surface area contributed by atoms with Gasteiger partial charge in [0.1, 0.15) is 0 Å². The minimum atomic E-state index is -3.66. The number of sulfonamides is 1. The lowest BCUT2D eigenvalue weighted by atomic mass is 9.77. The van der Waals surface area contributed by atoms with Gasteiger partial charge in [-0.05, 0) is 73.9 Å². The van der Waals surface area contributed by atoms with E-state index in [0.717, 1.165) is 55.8 Å². The number of aliphatic hydroxyl groups is 1. The van der Waals surface area contributed by atoms with Crippen LogP contribution >= 0.6 is 11.6 Å². The van der Waals surface area contributed by atoms with E-state index in [1.54, 1.807) is 24.3 Å². The van der Waals surface area contributed by atoms with Crippen LogP contribution in [0.1, 0.15) is 37.1 Å². The second-order valence-electron chi connectivity index (χ2n) is 9.69. The SMILES string of the molecule is C=CS(=O)(=O)N(C)c1cccc(-c2c(Cl)cc(CC(N)=O)c3[nH]c4c(c23)CC[C@@H](C(C)(C)O)C4)c1. The zero-order chi connectivity index (χ0) is 25.7. The van der Waals surface area contributed by atoms with Crippen molar-refractivity contribution in [2.24, 2.45) is 11.7 Å². The molecule has 186 valence electrons. The number of anilines is 1.